The van der Waals surface area contributed by atoms with Crippen LogP contribution < -0.4 is 9.64 Å². The van der Waals surface area contributed by atoms with E-state index in [0.29, 0.717) is 12.1 Å². The van der Waals surface area contributed by atoms with Crippen LogP contribution in [0.2, 0.25) is 0 Å². The van der Waals surface area contributed by atoms with Gasteiger partial charge in [-0.2, -0.15) is 0 Å². The number of benzene rings is 2. The Morgan fingerprint density at radius 3 is 2.48 bits per heavy atom. The summed E-state index contributed by atoms with van der Waals surface area (Å²) in [4.78, 5) is 23.1. The lowest BCUT2D eigenvalue weighted by atomic mass is 10.2. The summed E-state index contributed by atoms with van der Waals surface area (Å²) in [6.45, 7) is 5.30. The molecule has 0 aliphatic rings. The summed E-state index contributed by atoms with van der Waals surface area (Å²) >= 11 is 3.26. The van der Waals surface area contributed by atoms with Gasteiger partial charge in [0.25, 0.3) is 5.91 Å². The topological polar surface area (TPSA) is 45.7 Å². The van der Waals surface area contributed by atoms with Crippen molar-refractivity contribution in [1.29, 1.82) is 0 Å². The number of thioether (sulfide) groups is 1. The molecule has 2 aromatic carbocycles. The van der Waals surface area contributed by atoms with Gasteiger partial charge >= 0.3 is 0 Å². The zero-order valence-electron chi connectivity index (χ0n) is 17.5. The monoisotopic (exact) mass is 429 g/mol. The van der Waals surface area contributed by atoms with Gasteiger partial charge in [0.05, 0.1) is 16.3 Å². The molecule has 1 amide bonds. The number of fused-ring (bicyclic) bond motifs is 1. The van der Waals surface area contributed by atoms with E-state index in [1.807, 2.05) is 58.3 Å². The fourth-order valence-electron chi connectivity index (χ4n) is 2.82. The number of nitrogens with zero attached hydrogens (tertiary/aromatic N) is 3. The molecule has 0 aliphatic carbocycles. The first kappa shape index (κ1) is 21.6. The van der Waals surface area contributed by atoms with Crippen LogP contribution in [-0.4, -0.2) is 55.3 Å². The number of anilines is 1. The SMILES string of the molecule is CSc1ccc2nc(N(CCN(C)C)C(=O)c3ccc(OC(C)C)cc3)sc2c1. The fourth-order valence-corrected chi connectivity index (χ4v) is 4.37. The van der Waals surface area contributed by atoms with Crippen LogP contribution in [0.3, 0.4) is 0 Å². The first-order valence-electron chi connectivity index (χ1n) is 9.55. The molecule has 0 saturated carbocycles. The third-order valence-electron chi connectivity index (χ3n) is 4.30. The van der Waals surface area contributed by atoms with E-state index in [1.54, 1.807) is 28.0 Å². The minimum atomic E-state index is -0.0490. The van der Waals surface area contributed by atoms with E-state index < -0.39 is 0 Å². The smallest absolute Gasteiger partial charge is 0.260 e. The van der Waals surface area contributed by atoms with Crippen molar-refractivity contribution >= 4 is 44.4 Å². The number of rotatable bonds is 8. The number of carbonyl (C=O) groups is 1. The Morgan fingerprint density at radius 2 is 1.86 bits per heavy atom. The molecule has 3 rings (SSSR count). The number of likely N-dealkylation sites (N-methyl/N-ethyl adjacent to an activating group) is 1. The molecule has 0 saturated heterocycles. The molecule has 0 N–H and O–H groups in total. The van der Waals surface area contributed by atoms with Crippen molar-refractivity contribution in [2.75, 3.05) is 38.3 Å². The molecule has 0 radical (unpaired) electrons. The number of carbonyl (C=O) groups excluding carboxylic acids is 1. The van der Waals surface area contributed by atoms with Crippen molar-refractivity contribution in [3.8, 4) is 5.75 Å². The second-order valence-corrected chi connectivity index (χ2v) is 9.17. The highest BCUT2D eigenvalue weighted by Gasteiger charge is 2.21. The third kappa shape index (κ3) is 5.50. The van der Waals surface area contributed by atoms with E-state index in [0.717, 1.165) is 27.6 Å². The number of hydrogen-bond donors (Lipinski definition) is 0. The van der Waals surface area contributed by atoms with Crippen LogP contribution in [0.5, 0.6) is 5.75 Å². The maximum atomic E-state index is 13.3. The maximum Gasteiger partial charge on any atom is 0.260 e. The summed E-state index contributed by atoms with van der Waals surface area (Å²) < 4.78 is 6.78. The summed E-state index contributed by atoms with van der Waals surface area (Å²) in [7, 11) is 4.01. The molecule has 0 atom stereocenters. The molecule has 1 aromatic heterocycles. The molecule has 0 unspecified atom stereocenters. The summed E-state index contributed by atoms with van der Waals surface area (Å²) in [5, 5.41) is 0.729. The van der Waals surface area contributed by atoms with Crippen LogP contribution >= 0.6 is 23.1 Å². The van der Waals surface area contributed by atoms with E-state index in [1.165, 1.54) is 4.90 Å². The summed E-state index contributed by atoms with van der Waals surface area (Å²) in [5.74, 6) is 0.716. The number of thiazole rings is 1. The van der Waals surface area contributed by atoms with Crippen molar-refractivity contribution in [3.63, 3.8) is 0 Å². The van der Waals surface area contributed by atoms with Crippen LogP contribution in [0.4, 0.5) is 5.13 Å². The van der Waals surface area contributed by atoms with Crippen molar-refractivity contribution in [3.05, 3.63) is 48.0 Å². The normalized spacial score (nSPS) is 11.4. The van der Waals surface area contributed by atoms with Gasteiger partial charge in [0, 0.05) is 23.5 Å². The lowest BCUT2D eigenvalue weighted by Crippen LogP contribution is -2.36. The zero-order chi connectivity index (χ0) is 21.0. The molecule has 0 fully saturated rings. The highest BCUT2D eigenvalue weighted by molar-refractivity contribution is 7.98. The summed E-state index contributed by atoms with van der Waals surface area (Å²) in [6.07, 6.45) is 2.16. The van der Waals surface area contributed by atoms with Crippen molar-refractivity contribution in [2.45, 2.75) is 24.8 Å². The molecule has 5 nitrogen and oxygen atoms in total. The number of ether oxygens (including phenoxy) is 1. The quantitative estimate of drug-likeness (QED) is 0.471. The Bertz CT molecular complexity index is 968. The Labute approximate surface area is 180 Å². The van der Waals surface area contributed by atoms with E-state index in [2.05, 4.69) is 23.3 Å². The molecule has 0 spiro atoms. The third-order valence-corrected chi connectivity index (χ3v) is 6.07. The molecule has 29 heavy (non-hydrogen) atoms. The average molecular weight is 430 g/mol. The van der Waals surface area contributed by atoms with Gasteiger partial charge in [0.2, 0.25) is 0 Å². The molecule has 0 aliphatic heterocycles. The summed E-state index contributed by atoms with van der Waals surface area (Å²) in [5.41, 5.74) is 1.55. The molecule has 3 aromatic rings. The Hall–Kier alpha value is -2.09. The van der Waals surface area contributed by atoms with Crippen LogP contribution in [0, 0.1) is 0 Å². The van der Waals surface area contributed by atoms with Gasteiger partial charge in [-0.25, -0.2) is 4.98 Å². The maximum absolute atomic E-state index is 13.3. The lowest BCUT2D eigenvalue weighted by molar-refractivity contribution is 0.0985. The zero-order valence-corrected chi connectivity index (χ0v) is 19.1. The second-order valence-electron chi connectivity index (χ2n) is 7.28. The molecule has 7 heteroatoms. The molecule has 1 heterocycles. The summed E-state index contributed by atoms with van der Waals surface area (Å²) in [6, 6.07) is 13.6. The van der Waals surface area contributed by atoms with Crippen molar-refractivity contribution < 1.29 is 9.53 Å². The van der Waals surface area contributed by atoms with Gasteiger partial charge in [-0.05, 0) is 76.7 Å². The molecule has 0 bridgehead atoms. The van der Waals surface area contributed by atoms with E-state index in [9.17, 15) is 4.79 Å². The van der Waals surface area contributed by atoms with Crippen LogP contribution in [0.1, 0.15) is 24.2 Å². The van der Waals surface area contributed by atoms with Gasteiger partial charge in [0.1, 0.15) is 5.75 Å². The average Bonchev–Trinajstić information content (AvgIpc) is 3.10. The highest BCUT2D eigenvalue weighted by atomic mass is 32.2. The van der Waals surface area contributed by atoms with Crippen LogP contribution in [0.25, 0.3) is 10.2 Å². The van der Waals surface area contributed by atoms with Crippen LogP contribution in [-0.2, 0) is 0 Å². The first-order chi connectivity index (χ1) is 13.9. The lowest BCUT2D eigenvalue weighted by Gasteiger charge is -2.22. The minimum absolute atomic E-state index is 0.0490. The van der Waals surface area contributed by atoms with Gasteiger partial charge in [0.15, 0.2) is 5.13 Å². The minimum Gasteiger partial charge on any atom is -0.491 e. The highest BCUT2D eigenvalue weighted by Crippen LogP contribution is 2.32. The predicted molar refractivity (Wildman–Crippen MR) is 124 cm³/mol. The van der Waals surface area contributed by atoms with E-state index in [-0.39, 0.29) is 12.0 Å². The van der Waals surface area contributed by atoms with Gasteiger partial charge < -0.3 is 9.64 Å². The molecule has 154 valence electrons. The molecular formula is C22H27N3O2S2. The Balaban J connectivity index is 1.91. The fraction of sp³-hybridized carbons (Fsp3) is 0.364. The number of amides is 1. The van der Waals surface area contributed by atoms with Crippen molar-refractivity contribution in [1.82, 2.24) is 9.88 Å². The Kier molecular flexibility index (Phi) is 7.16. The second kappa shape index (κ2) is 9.61. The van der Waals surface area contributed by atoms with E-state index in [4.69, 9.17) is 9.72 Å². The number of hydrogen-bond acceptors (Lipinski definition) is 6. The number of aromatic nitrogens is 1. The van der Waals surface area contributed by atoms with Crippen molar-refractivity contribution in [2.24, 2.45) is 0 Å². The molecular weight excluding hydrogens is 402 g/mol. The predicted octanol–water partition coefficient (Wildman–Crippen LogP) is 5.01. The van der Waals surface area contributed by atoms with Gasteiger partial charge in [-0.1, -0.05) is 11.3 Å². The Morgan fingerprint density at radius 1 is 1.14 bits per heavy atom. The standard InChI is InChI=1S/C22H27N3O2S2/c1-15(2)27-17-8-6-16(7-9-17)21(26)25(13-12-24(3)4)22-23-19-11-10-18(28-5)14-20(19)29-22/h6-11,14-15H,12-13H2,1-5H3. The van der Waals surface area contributed by atoms with Crippen LogP contribution in [0.15, 0.2) is 47.4 Å². The van der Waals surface area contributed by atoms with Gasteiger partial charge in [-0.15, -0.1) is 11.8 Å². The first-order valence-corrected chi connectivity index (χ1v) is 11.6. The van der Waals surface area contributed by atoms with E-state index >= 15 is 0 Å². The van der Waals surface area contributed by atoms with Gasteiger partial charge in [-0.3, -0.25) is 9.69 Å². The largest absolute Gasteiger partial charge is 0.491 e.